The Bertz CT molecular complexity index is 455. The molecule has 3 rings (SSSR count). The number of hydrogen-bond donors (Lipinski definition) is 0. The molecule has 3 heterocycles. The fraction of sp³-hybridized carbons (Fsp3) is 0.385. The van der Waals surface area contributed by atoms with Gasteiger partial charge < -0.3 is 9.47 Å². The molecule has 0 atom stereocenters. The monoisotopic (exact) mass is 266 g/mol. The lowest BCUT2D eigenvalue weighted by molar-refractivity contribution is -0.0460. The van der Waals surface area contributed by atoms with Crippen molar-refractivity contribution in [3.63, 3.8) is 0 Å². The third-order valence-electron chi connectivity index (χ3n) is 2.74. The van der Waals surface area contributed by atoms with E-state index >= 15 is 0 Å². The van der Waals surface area contributed by atoms with Crippen molar-refractivity contribution in [1.82, 2.24) is 0 Å². The number of thiophene rings is 2. The zero-order valence-corrected chi connectivity index (χ0v) is 11.1. The normalized spacial score (nSPS) is 16.7. The van der Waals surface area contributed by atoms with Crippen LogP contribution in [0.3, 0.4) is 0 Å². The highest BCUT2D eigenvalue weighted by Gasteiger charge is 2.15. The molecule has 1 fully saturated rings. The van der Waals surface area contributed by atoms with E-state index in [-0.39, 0.29) is 6.29 Å². The molecule has 2 nitrogen and oxygen atoms in total. The van der Waals surface area contributed by atoms with E-state index in [0.29, 0.717) is 0 Å². The summed E-state index contributed by atoms with van der Waals surface area (Å²) >= 11 is 3.67. The molecule has 2 aromatic heterocycles. The van der Waals surface area contributed by atoms with Crippen molar-refractivity contribution >= 4 is 22.7 Å². The molecule has 0 N–H and O–H groups in total. The summed E-state index contributed by atoms with van der Waals surface area (Å²) < 4.78 is 10.9. The molecule has 0 amide bonds. The van der Waals surface area contributed by atoms with Gasteiger partial charge >= 0.3 is 0 Å². The third kappa shape index (κ3) is 2.77. The second-order valence-corrected chi connectivity index (χ2v) is 6.07. The minimum absolute atomic E-state index is 0.0160. The second-order valence-electron chi connectivity index (χ2n) is 3.95. The standard InChI is InChI=1S/C13H14O2S2/c1-2-11(16-9-1)12-5-3-10(17-12)4-6-13-14-7-8-15-13/h1-3,5,9,13H,4,6-8H2. The molecule has 17 heavy (non-hydrogen) atoms. The minimum Gasteiger partial charge on any atom is -0.350 e. The molecular weight excluding hydrogens is 252 g/mol. The third-order valence-corrected chi connectivity index (χ3v) is 4.95. The first-order valence-corrected chi connectivity index (χ1v) is 7.47. The molecule has 0 aliphatic carbocycles. The Hall–Kier alpha value is -0.680. The van der Waals surface area contributed by atoms with Gasteiger partial charge in [-0.05, 0) is 30.0 Å². The van der Waals surface area contributed by atoms with E-state index in [0.717, 1.165) is 26.1 Å². The second kappa shape index (κ2) is 5.31. The summed E-state index contributed by atoms with van der Waals surface area (Å²) in [4.78, 5) is 4.13. The predicted molar refractivity (Wildman–Crippen MR) is 71.6 cm³/mol. The predicted octanol–water partition coefficient (Wildman–Crippen LogP) is 3.78. The first kappa shape index (κ1) is 11.4. The molecule has 1 aliphatic rings. The first-order valence-electron chi connectivity index (χ1n) is 5.77. The van der Waals surface area contributed by atoms with Crippen molar-refractivity contribution < 1.29 is 9.47 Å². The van der Waals surface area contributed by atoms with Gasteiger partial charge in [0.25, 0.3) is 0 Å². The summed E-state index contributed by atoms with van der Waals surface area (Å²) in [6.45, 7) is 1.49. The summed E-state index contributed by atoms with van der Waals surface area (Å²) in [5.41, 5.74) is 0. The van der Waals surface area contributed by atoms with Gasteiger partial charge in [0.05, 0.1) is 13.2 Å². The summed E-state index contributed by atoms with van der Waals surface area (Å²) in [5, 5.41) is 2.12. The Balaban J connectivity index is 1.60. The molecule has 2 aromatic rings. The van der Waals surface area contributed by atoms with Gasteiger partial charge in [-0.3, -0.25) is 0 Å². The van der Waals surface area contributed by atoms with Gasteiger partial charge in [-0.2, -0.15) is 0 Å². The lowest BCUT2D eigenvalue weighted by Gasteiger charge is -2.06. The van der Waals surface area contributed by atoms with Crippen LogP contribution >= 0.6 is 22.7 Å². The smallest absolute Gasteiger partial charge is 0.158 e. The van der Waals surface area contributed by atoms with Crippen LogP contribution in [-0.2, 0) is 15.9 Å². The van der Waals surface area contributed by atoms with Crippen LogP contribution in [0.2, 0.25) is 0 Å². The Kier molecular flexibility index (Phi) is 3.57. The van der Waals surface area contributed by atoms with Gasteiger partial charge in [-0.15, -0.1) is 22.7 Å². The van der Waals surface area contributed by atoms with Gasteiger partial charge in [0.2, 0.25) is 0 Å². The number of hydrogen-bond acceptors (Lipinski definition) is 4. The average Bonchev–Trinajstić information content (AvgIpc) is 3.09. The molecule has 1 aliphatic heterocycles. The van der Waals surface area contributed by atoms with Gasteiger partial charge in [-0.25, -0.2) is 0 Å². The Labute approximate surface area is 109 Å². The molecule has 0 unspecified atom stereocenters. The van der Waals surface area contributed by atoms with Gasteiger partial charge in [0.15, 0.2) is 6.29 Å². The Morgan fingerprint density at radius 3 is 2.76 bits per heavy atom. The quantitative estimate of drug-likeness (QED) is 0.838. The minimum atomic E-state index is 0.0160. The van der Waals surface area contributed by atoms with Crippen LogP contribution in [0.4, 0.5) is 0 Å². The molecular formula is C13H14O2S2. The van der Waals surface area contributed by atoms with Crippen LogP contribution in [-0.4, -0.2) is 19.5 Å². The molecule has 90 valence electrons. The van der Waals surface area contributed by atoms with Gasteiger partial charge in [-0.1, -0.05) is 6.07 Å². The van der Waals surface area contributed by atoms with E-state index in [9.17, 15) is 0 Å². The van der Waals surface area contributed by atoms with E-state index in [1.807, 2.05) is 11.3 Å². The molecule has 0 radical (unpaired) electrons. The van der Waals surface area contributed by atoms with Crippen LogP contribution in [0.5, 0.6) is 0 Å². The molecule has 0 spiro atoms. The van der Waals surface area contributed by atoms with E-state index in [2.05, 4.69) is 29.6 Å². The highest BCUT2D eigenvalue weighted by atomic mass is 32.1. The topological polar surface area (TPSA) is 18.5 Å². The number of aryl methyl sites for hydroxylation is 1. The SMILES string of the molecule is c1csc(-c2ccc(CCC3OCCO3)s2)c1. The largest absolute Gasteiger partial charge is 0.350 e. The van der Waals surface area contributed by atoms with Crippen molar-refractivity contribution in [2.75, 3.05) is 13.2 Å². The van der Waals surface area contributed by atoms with E-state index in [4.69, 9.17) is 9.47 Å². The van der Waals surface area contributed by atoms with Crippen molar-refractivity contribution in [3.05, 3.63) is 34.5 Å². The first-order chi connectivity index (χ1) is 8.42. The molecule has 4 heteroatoms. The van der Waals surface area contributed by atoms with E-state index < -0.39 is 0 Å². The number of rotatable bonds is 4. The van der Waals surface area contributed by atoms with Crippen molar-refractivity contribution in [3.8, 4) is 9.75 Å². The van der Waals surface area contributed by atoms with Gasteiger partial charge in [0.1, 0.15) is 0 Å². The fourth-order valence-corrected chi connectivity index (χ4v) is 3.76. The fourth-order valence-electron chi connectivity index (χ4n) is 1.90. The van der Waals surface area contributed by atoms with E-state index in [1.54, 1.807) is 11.3 Å². The Morgan fingerprint density at radius 1 is 1.12 bits per heavy atom. The van der Waals surface area contributed by atoms with Crippen LogP contribution in [0.25, 0.3) is 9.75 Å². The summed E-state index contributed by atoms with van der Waals surface area (Å²) in [6, 6.07) is 8.69. The van der Waals surface area contributed by atoms with Crippen molar-refractivity contribution in [2.45, 2.75) is 19.1 Å². The average molecular weight is 266 g/mol. The van der Waals surface area contributed by atoms with Crippen molar-refractivity contribution in [1.29, 1.82) is 0 Å². The maximum absolute atomic E-state index is 5.44. The molecule has 0 saturated carbocycles. The molecule has 1 saturated heterocycles. The lowest BCUT2D eigenvalue weighted by atomic mass is 10.2. The Morgan fingerprint density at radius 2 is 2.00 bits per heavy atom. The molecule has 0 bridgehead atoms. The lowest BCUT2D eigenvalue weighted by Crippen LogP contribution is -2.07. The van der Waals surface area contributed by atoms with Crippen LogP contribution < -0.4 is 0 Å². The highest BCUT2D eigenvalue weighted by Crippen LogP contribution is 2.32. The maximum atomic E-state index is 5.44. The van der Waals surface area contributed by atoms with Crippen LogP contribution in [0.15, 0.2) is 29.6 Å². The summed E-state index contributed by atoms with van der Waals surface area (Å²) in [6.07, 6.45) is 2.02. The number of ether oxygens (including phenoxy) is 2. The van der Waals surface area contributed by atoms with Crippen LogP contribution in [0, 0.1) is 0 Å². The van der Waals surface area contributed by atoms with Crippen molar-refractivity contribution in [2.24, 2.45) is 0 Å². The zero-order valence-electron chi connectivity index (χ0n) is 9.43. The van der Waals surface area contributed by atoms with Crippen LogP contribution in [0.1, 0.15) is 11.3 Å². The summed E-state index contributed by atoms with van der Waals surface area (Å²) in [5.74, 6) is 0. The van der Waals surface area contributed by atoms with Gasteiger partial charge in [0, 0.05) is 21.1 Å². The highest BCUT2D eigenvalue weighted by molar-refractivity contribution is 7.21. The van der Waals surface area contributed by atoms with E-state index in [1.165, 1.54) is 14.6 Å². The maximum Gasteiger partial charge on any atom is 0.158 e. The zero-order chi connectivity index (χ0) is 11.5. The molecule has 0 aromatic carbocycles. The summed E-state index contributed by atoms with van der Waals surface area (Å²) in [7, 11) is 0.